The Balaban J connectivity index is 1.55. The van der Waals surface area contributed by atoms with Gasteiger partial charge >= 0.3 is 0 Å². The van der Waals surface area contributed by atoms with Gasteiger partial charge in [0.25, 0.3) is 5.91 Å². The van der Waals surface area contributed by atoms with Crippen LogP contribution in [0.4, 0.5) is 0 Å². The maximum absolute atomic E-state index is 12.8. The minimum atomic E-state index is -0.398. The predicted octanol–water partition coefficient (Wildman–Crippen LogP) is 5.17. The number of nitrogens with one attached hydrogen (secondary N) is 1. The van der Waals surface area contributed by atoms with Gasteiger partial charge < -0.3 is 9.73 Å². The van der Waals surface area contributed by atoms with E-state index < -0.39 is 5.91 Å². The van der Waals surface area contributed by atoms with E-state index in [4.69, 9.17) is 16.0 Å². The number of halogens is 2. The fourth-order valence-corrected chi connectivity index (χ4v) is 4.36. The highest BCUT2D eigenvalue weighted by atomic mass is 79.9. The van der Waals surface area contributed by atoms with Gasteiger partial charge in [-0.05, 0) is 61.8 Å². The molecule has 1 aliphatic heterocycles. The lowest BCUT2D eigenvalue weighted by Gasteiger charge is -2.35. The summed E-state index contributed by atoms with van der Waals surface area (Å²) in [5, 5.41) is 4.09. The second-order valence-electron chi connectivity index (χ2n) is 7.49. The quantitative estimate of drug-likeness (QED) is 0.537. The maximum atomic E-state index is 12.8. The van der Waals surface area contributed by atoms with Crippen LogP contribution in [0.3, 0.4) is 0 Å². The summed E-state index contributed by atoms with van der Waals surface area (Å²) in [6.45, 7) is 2.39. The van der Waals surface area contributed by atoms with E-state index in [0.29, 0.717) is 22.5 Å². The molecule has 3 aromatic rings. The molecule has 30 heavy (non-hydrogen) atoms. The molecule has 4 rings (SSSR count). The van der Waals surface area contributed by atoms with Crippen LogP contribution in [0.1, 0.15) is 41.4 Å². The van der Waals surface area contributed by atoms with E-state index in [1.807, 2.05) is 24.3 Å². The second-order valence-corrected chi connectivity index (χ2v) is 8.84. The van der Waals surface area contributed by atoms with Crippen LogP contribution >= 0.6 is 27.5 Å². The number of fused-ring (bicyclic) bond motifs is 1. The van der Waals surface area contributed by atoms with Crippen molar-refractivity contribution in [2.24, 2.45) is 0 Å². The molecule has 156 valence electrons. The standard InChI is InChI=1S/C23H22BrClN2O3/c24-16-6-9-18-20(28)13-22(30-21(18)12-16)23(29)26-14-19(27-10-2-1-3-11-27)15-4-7-17(25)8-5-15/h4-9,12-13,19H,1-3,10-11,14H2,(H,26,29). The van der Waals surface area contributed by atoms with Gasteiger partial charge in [0.1, 0.15) is 5.58 Å². The monoisotopic (exact) mass is 488 g/mol. The summed E-state index contributed by atoms with van der Waals surface area (Å²) in [5.41, 5.74) is 1.25. The van der Waals surface area contributed by atoms with Crippen LogP contribution in [0.2, 0.25) is 5.02 Å². The number of hydrogen-bond donors (Lipinski definition) is 1. The minimum Gasteiger partial charge on any atom is -0.451 e. The van der Waals surface area contributed by atoms with Crippen LogP contribution in [0.25, 0.3) is 11.0 Å². The predicted molar refractivity (Wildman–Crippen MR) is 122 cm³/mol. The lowest BCUT2D eigenvalue weighted by atomic mass is 10.0. The summed E-state index contributed by atoms with van der Waals surface area (Å²) in [6.07, 6.45) is 3.52. The molecule has 2 aromatic carbocycles. The molecule has 0 bridgehead atoms. The van der Waals surface area contributed by atoms with E-state index >= 15 is 0 Å². The van der Waals surface area contributed by atoms with Gasteiger partial charge in [-0.25, -0.2) is 0 Å². The number of carbonyl (C=O) groups excluding carboxylic acids is 1. The Labute approximate surface area is 188 Å². The summed E-state index contributed by atoms with van der Waals surface area (Å²) in [7, 11) is 0. The van der Waals surface area contributed by atoms with Crippen molar-refractivity contribution in [2.75, 3.05) is 19.6 Å². The molecule has 7 heteroatoms. The zero-order chi connectivity index (χ0) is 21.1. The fraction of sp³-hybridized carbons (Fsp3) is 0.304. The molecule has 0 spiro atoms. The van der Waals surface area contributed by atoms with E-state index in [9.17, 15) is 9.59 Å². The first-order chi connectivity index (χ1) is 14.5. The summed E-state index contributed by atoms with van der Waals surface area (Å²) >= 11 is 9.42. The Morgan fingerprint density at radius 2 is 1.83 bits per heavy atom. The Kier molecular flexibility index (Phi) is 6.56. The van der Waals surface area contributed by atoms with Crippen molar-refractivity contribution < 1.29 is 9.21 Å². The number of piperidine rings is 1. The third kappa shape index (κ3) is 4.77. The van der Waals surface area contributed by atoms with Crippen LogP contribution in [-0.2, 0) is 0 Å². The third-order valence-electron chi connectivity index (χ3n) is 5.46. The van der Waals surface area contributed by atoms with Gasteiger partial charge in [0.05, 0.1) is 11.4 Å². The number of benzene rings is 2. The number of likely N-dealkylation sites (tertiary alicyclic amines) is 1. The summed E-state index contributed by atoms with van der Waals surface area (Å²) in [6, 6.07) is 14.2. The Morgan fingerprint density at radius 1 is 1.10 bits per heavy atom. The Hall–Kier alpha value is -2.15. The zero-order valence-corrected chi connectivity index (χ0v) is 18.7. The molecular formula is C23H22BrClN2O3. The molecule has 0 aliphatic carbocycles. The Bertz CT molecular complexity index is 1110. The summed E-state index contributed by atoms with van der Waals surface area (Å²) in [5.74, 6) is -0.385. The van der Waals surface area contributed by atoms with Crippen LogP contribution in [-0.4, -0.2) is 30.4 Å². The lowest BCUT2D eigenvalue weighted by Crippen LogP contribution is -2.40. The summed E-state index contributed by atoms with van der Waals surface area (Å²) < 4.78 is 6.49. The van der Waals surface area contributed by atoms with E-state index in [2.05, 4.69) is 26.1 Å². The molecule has 1 aromatic heterocycles. The van der Waals surface area contributed by atoms with Gasteiger partial charge in [-0.3, -0.25) is 14.5 Å². The van der Waals surface area contributed by atoms with Gasteiger partial charge in [-0.2, -0.15) is 0 Å². The molecule has 1 amide bonds. The first-order valence-electron chi connectivity index (χ1n) is 10.0. The minimum absolute atomic E-state index is 0.0131. The van der Waals surface area contributed by atoms with Crippen LogP contribution in [0.15, 0.2) is 62.2 Å². The first-order valence-corrected chi connectivity index (χ1v) is 11.2. The molecule has 1 aliphatic rings. The van der Waals surface area contributed by atoms with Crippen molar-refractivity contribution in [1.82, 2.24) is 10.2 Å². The lowest BCUT2D eigenvalue weighted by molar-refractivity contribution is 0.0897. The van der Waals surface area contributed by atoms with Crippen molar-refractivity contribution >= 4 is 44.4 Å². The molecule has 1 unspecified atom stereocenters. The van der Waals surface area contributed by atoms with Crippen molar-refractivity contribution in [2.45, 2.75) is 25.3 Å². The third-order valence-corrected chi connectivity index (χ3v) is 6.20. The van der Waals surface area contributed by atoms with Crippen molar-refractivity contribution in [3.05, 3.63) is 79.6 Å². The molecule has 0 radical (unpaired) electrons. The van der Waals surface area contributed by atoms with Crippen molar-refractivity contribution in [1.29, 1.82) is 0 Å². The average Bonchev–Trinajstić information content (AvgIpc) is 2.75. The molecule has 1 saturated heterocycles. The highest BCUT2D eigenvalue weighted by Crippen LogP contribution is 2.25. The largest absolute Gasteiger partial charge is 0.451 e. The van der Waals surface area contributed by atoms with E-state index in [1.54, 1.807) is 18.2 Å². The van der Waals surface area contributed by atoms with Gasteiger partial charge in [-0.1, -0.05) is 46.1 Å². The highest BCUT2D eigenvalue weighted by Gasteiger charge is 2.23. The zero-order valence-electron chi connectivity index (χ0n) is 16.4. The van der Waals surface area contributed by atoms with E-state index in [1.165, 1.54) is 12.5 Å². The van der Waals surface area contributed by atoms with E-state index in [-0.39, 0.29) is 17.2 Å². The number of amides is 1. The maximum Gasteiger partial charge on any atom is 0.287 e. The molecular weight excluding hydrogens is 468 g/mol. The van der Waals surface area contributed by atoms with E-state index in [0.717, 1.165) is 36.0 Å². The SMILES string of the molecule is O=C(NCC(c1ccc(Cl)cc1)N1CCCCC1)c1cc(=O)c2ccc(Br)cc2o1. The van der Waals surface area contributed by atoms with Gasteiger partial charge in [-0.15, -0.1) is 0 Å². The number of rotatable bonds is 5. The van der Waals surface area contributed by atoms with Gasteiger partial charge in [0, 0.05) is 22.1 Å². The van der Waals surface area contributed by atoms with Crippen LogP contribution in [0, 0.1) is 0 Å². The second kappa shape index (κ2) is 9.33. The Morgan fingerprint density at radius 3 is 2.57 bits per heavy atom. The topological polar surface area (TPSA) is 62.6 Å². The number of nitrogens with zero attached hydrogens (tertiary/aromatic N) is 1. The smallest absolute Gasteiger partial charge is 0.287 e. The summed E-state index contributed by atoms with van der Waals surface area (Å²) in [4.78, 5) is 27.6. The molecule has 2 heterocycles. The van der Waals surface area contributed by atoms with Crippen molar-refractivity contribution in [3.63, 3.8) is 0 Å². The van der Waals surface area contributed by atoms with Gasteiger partial charge in [0.15, 0.2) is 11.2 Å². The molecule has 1 fully saturated rings. The molecule has 1 N–H and O–H groups in total. The molecule has 0 saturated carbocycles. The first kappa shape index (κ1) is 21.1. The van der Waals surface area contributed by atoms with Crippen LogP contribution < -0.4 is 10.7 Å². The number of carbonyl (C=O) groups is 1. The average molecular weight is 490 g/mol. The van der Waals surface area contributed by atoms with Gasteiger partial charge in [0.2, 0.25) is 0 Å². The van der Waals surface area contributed by atoms with Crippen molar-refractivity contribution in [3.8, 4) is 0 Å². The normalized spacial score (nSPS) is 15.8. The fourth-order valence-electron chi connectivity index (χ4n) is 3.89. The highest BCUT2D eigenvalue weighted by molar-refractivity contribution is 9.10. The molecule has 1 atom stereocenters. The van der Waals surface area contributed by atoms with Crippen LogP contribution in [0.5, 0.6) is 0 Å². The molecule has 5 nitrogen and oxygen atoms in total. The number of hydrogen-bond acceptors (Lipinski definition) is 4.